The molecule has 0 amide bonds. The fourth-order valence-electron chi connectivity index (χ4n) is 5.09. The lowest BCUT2D eigenvalue weighted by atomic mass is 9.78. The molecule has 0 spiro atoms. The highest BCUT2D eigenvalue weighted by molar-refractivity contribution is 5.79. The van der Waals surface area contributed by atoms with Gasteiger partial charge in [-0.2, -0.15) is 0 Å². The highest BCUT2D eigenvalue weighted by Crippen LogP contribution is 2.39. The molecule has 1 aliphatic rings. The predicted molar refractivity (Wildman–Crippen MR) is 136 cm³/mol. The summed E-state index contributed by atoms with van der Waals surface area (Å²) in [7, 11) is 0. The Morgan fingerprint density at radius 1 is 1.09 bits per heavy atom. The summed E-state index contributed by atoms with van der Waals surface area (Å²) in [6.07, 6.45) is 5.37. The van der Waals surface area contributed by atoms with Gasteiger partial charge in [0.1, 0.15) is 18.2 Å². The molecule has 1 N–H and O–H groups in total. The quantitative estimate of drug-likeness (QED) is 0.357. The monoisotopic (exact) mass is 469 g/mol. The third kappa shape index (κ3) is 4.92. The standard InChI is InChI=1S/C29H31N3O3/c1-19-11-12-22(30-16-19)18-35-23-13-14-26-27(15-23)32(17-21-8-4-3-7-20(21)2)28(31-26)24-9-5-6-10-25(24)29(33)34/h3-4,7-8,11-16,24-25H,5-6,9-10,17-18H2,1-2H3,(H,33,34). The number of carbonyl (C=O) groups is 1. The molecule has 35 heavy (non-hydrogen) atoms. The maximum Gasteiger partial charge on any atom is 0.307 e. The zero-order valence-corrected chi connectivity index (χ0v) is 20.3. The SMILES string of the molecule is Cc1ccc(COc2ccc3nc(C4CCCCC4C(=O)O)n(Cc4ccccc4C)c3c2)nc1. The van der Waals surface area contributed by atoms with E-state index in [4.69, 9.17) is 9.72 Å². The van der Waals surface area contributed by atoms with Gasteiger partial charge in [0.05, 0.1) is 22.6 Å². The zero-order chi connectivity index (χ0) is 24.4. The summed E-state index contributed by atoms with van der Waals surface area (Å²) in [5.74, 6) is 0.389. The Morgan fingerprint density at radius 3 is 2.69 bits per heavy atom. The molecule has 2 aromatic heterocycles. The number of imidazole rings is 1. The number of hydrogen-bond acceptors (Lipinski definition) is 4. The van der Waals surface area contributed by atoms with Gasteiger partial charge in [0.2, 0.25) is 0 Å². The van der Waals surface area contributed by atoms with Crippen molar-refractivity contribution in [3.05, 3.63) is 89.0 Å². The molecule has 0 aliphatic heterocycles. The number of aliphatic carboxylic acids is 1. The fraction of sp³-hybridized carbons (Fsp3) is 0.345. The van der Waals surface area contributed by atoms with Crippen LogP contribution in [0.5, 0.6) is 5.75 Å². The lowest BCUT2D eigenvalue weighted by Crippen LogP contribution is -2.27. The van der Waals surface area contributed by atoms with E-state index in [-0.39, 0.29) is 5.92 Å². The second-order valence-electron chi connectivity index (χ2n) is 9.58. The van der Waals surface area contributed by atoms with Gasteiger partial charge >= 0.3 is 5.97 Å². The summed E-state index contributed by atoms with van der Waals surface area (Å²) in [6, 6.07) is 18.3. The topological polar surface area (TPSA) is 77.2 Å². The Kier molecular flexibility index (Phi) is 6.53. The number of benzene rings is 2. The van der Waals surface area contributed by atoms with Gasteiger partial charge in [-0.25, -0.2) is 4.98 Å². The minimum Gasteiger partial charge on any atom is -0.487 e. The molecule has 6 heteroatoms. The first-order chi connectivity index (χ1) is 17.0. The molecule has 2 atom stereocenters. The van der Waals surface area contributed by atoms with Crippen LogP contribution in [0.1, 0.15) is 59.8 Å². The van der Waals surface area contributed by atoms with Crippen molar-refractivity contribution < 1.29 is 14.6 Å². The number of rotatable bonds is 7. The first-order valence-corrected chi connectivity index (χ1v) is 12.3. The molecule has 1 fully saturated rings. The van der Waals surface area contributed by atoms with E-state index in [0.717, 1.165) is 53.1 Å². The van der Waals surface area contributed by atoms with Crippen molar-refractivity contribution in [3.63, 3.8) is 0 Å². The van der Waals surface area contributed by atoms with E-state index in [0.29, 0.717) is 19.6 Å². The van der Waals surface area contributed by atoms with Gasteiger partial charge in [0.15, 0.2) is 0 Å². The number of carboxylic acid groups (broad SMARTS) is 1. The van der Waals surface area contributed by atoms with Gasteiger partial charge in [-0.05, 0) is 61.6 Å². The van der Waals surface area contributed by atoms with Gasteiger partial charge in [0, 0.05) is 24.7 Å². The molecule has 4 aromatic rings. The lowest BCUT2D eigenvalue weighted by Gasteiger charge is -2.28. The Morgan fingerprint density at radius 2 is 1.91 bits per heavy atom. The van der Waals surface area contributed by atoms with E-state index < -0.39 is 11.9 Å². The van der Waals surface area contributed by atoms with Crippen LogP contribution >= 0.6 is 0 Å². The molecule has 5 rings (SSSR count). The van der Waals surface area contributed by atoms with Gasteiger partial charge in [0.25, 0.3) is 0 Å². The molecule has 1 saturated carbocycles. The third-order valence-electron chi connectivity index (χ3n) is 7.11. The van der Waals surface area contributed by atoms with Crippen molar-refractivity contribution in [3.8, 4) is 5.75 Å². The third-order valence-corrected chi connectivity index (χ3v) is 7.11. The molecule has 1 aliphatic carbocycles. The molecule has 0 bridgehead atoms. The maximum atomic E-state index is 12.1. The van der Waals surface area contributed by atoms with Crippen molar-refractivity contribution >= 4 is 17.0 Å². The molecular weight excluding hydrogens is 438 g/mol. The molecule has 0 saturated heterocycles. The van der Waals surface area contributed by atoms with Gasteiger partial charge in [-0.1, -0.05) is 43.2 Å². The Hall–Kier alpha value is -3.67. The summed E-state index contributed by atoms with van der Waals surface area (Å²) in [5.41, 5.74) is 6.22. The van der Waals surface area contributed by atoms with E-state index in [9.17, 15) is 9.90 Å². The smallest absolute Gasteiger partial charge is 0.307 e. The average Bonchev–Trinajstić information content (AvgIpc) is 3.22. The van der Waals surface area contributed by atoms with Crippen molar-refractivity contribution in [2.75, 3.05) is 0 Å². The summed E-state index contributed by atoms with van der Waals surface area (Å²) in [4.78, 5) is 21.5. The molecule has 6 nitrogen and oxygen atoms in total. The molecule has 2 heterocycles. The van der Waals surface area contributed by atoms with Crippen LogP contribution in [0, 0.1) is 19.8 Å². The highest BCUT2D eigenvalue weighted by Gasteiger charge is 2.35. The molecule has 180 valence electrons. The van der Waals surface area contributed by atoms with Crippen LogP contribution in [-0.2, 0) is 17.9 Å². The minimum absolute atomic E-state index is 0.0983. The Balaban J connectivity index is 1.54. The Bertz CT molecular complexity index is 1340. The van der Waals surface area contributed by atoms with Crippen LogP contribution in [0.3, 0.4) is 0 Å². The van der Waals surface area contributed by atoms with Crippen LogP contribution < -0.4 is 4.74 Å². The average molecular weight is 470 g/mol. The van der Waals surface area contributed by atoms with E-state index >= 15 is 0 Å². The van der Waals surface area contributed by atoms with Crippen LogP contribution in [0.2, 0.25) is 0 Å². The van der Waals surface area contributed by atoms with Crippen LogP contribution in [0.15, 0.2) is 60.8 Å². The second kappa shape index (κ2) is 9.90. The number of ether oxygens (including phenoxy) is 1. The molecule has 0 radical (unpaired) electrons. The summed E-state index contributed by atoms with van der Waals surface area (Å²) < 4.78 is 8.29. The Labute approximate surface area is 205 Å². The molecular formula is C29H31N3O3. The minimum atomic E-state index is -0.723. The van der Waals surface area contributed by atoms with Gasteiger partial charge in [-0.3, -0.25) is 9.78 Å². The molecule has 2 unspecified atom stereocenters. The fourth-order valence-corrected chi connectivity index (χ4v) is 5.09. The normalized spacial score (nSPS) is 18.0. The first-order valence-electron chi connectivity index (χ1n) is 12.3. The number of aromatic nitrogens is 3. The second-order valence-corrected chi connectivity index (χ2v) is 9.58. The van der Waals surface area contributed by atoms with Crippen molar-refractivity contribution in [2.45, 2.75) is 58.6 Å². The van der Waals surface area contributed by atoms with Gasteiger partial charge < -0.3 is 14.4 Å². The summed E-state index contributed by atoms with van der Waals surface area (Å²) >= 11 is 0. The van der Waals surface area contributed by atoms with Crippen molar-refractivity contribution in [1.82, 2.24) is 14.5 Å². The van der Waals surface area contributed by atoms with E-state index in [1.807, 2.05) is 55.6 Å². The van der Waals surface area contributed by atoms with Gasteiger partial charge in [-0.15, -0.1) is 0 Å². The number of nitrogens with zero attached hydrogens (tertiary/aromatic N) is 3. The van der Waals surface area contributed by atoms with Crippen molar-refractivity contribution in [1.29, 1.82) is 0 Å². The first kappa shape index (κ1) is 23.1. The largest absolute Gasteiger partial charge is 0.487 e. The maximum absolute atomic E-state index is 12.1. The van der Waals surface area contributed by atoms with Crippen LogP contribution in [0.25, 0.3) is 11.0 Å². The highest BCUT2D eigenvalue weighted by atomic mass is 16.5. The number of aryl methyl sites for hydroxylation is 2. The molecule has 2 aromatic carbocycles. The van der Waals surface area contributed by atoms with E-state index in [2.05, 4.69) is 28.6 Å². The summed E-state index contributed by atoms with van der Waals surface area (Å²) in [6.45, 7) is 5.15. The van der Waals surface area contributed by atoms with E-state index in [1.165, 1.54) is 11.1 Å². The number of carboxylic acids is 1. The number of fused-ring (bicyclic) bond motifs is 1. The zero-order valence-electron chi connectivity index (χ0n) is 20.3. The van der Waals surface area contributed by atoms with Crippen LogP contribution in [0.4, 0.5) is 0 Å². The lowest BCUT2D eigenvalue weighted by molar-refractivity contribution is -0.143. The van der Waals surface area contributed by atoms with Crippen LogP contribution in [-0.4, -0.2) is 25.6 Å². The van der Waals surface area contributed by atoms with E-state index in [1.54, 1.807) is 0 Å². The predicted octanol–water partition coefficient (Wildman–Crippen LogP) is 6.03. The van der Waals surface area contributed by atoms with Crippen molar-refractivity contribution in [2.24, 2.45) is 5.92 Å². The summed E-state index contributed by atoms with van der Waals surface area (Å²) in [5, 5.41) is 9.95. The number of hydrogen-bond donors (Lipinski definition) is 1. The number of pyridine rings is 1.